The van der Waals surface area contributed by atoms with Gasteiger partial charge in [0.2, 0.25) is 0 Å². The molecule has 0 saturated heterocycles. The van der Waals surface area contributed by atoms with E-state index in [1.54, 1.807) is 0 Å². The SMILES string of the molecule is CC(C)OCC(O)Cn1c(=O)oc2cc([N+](=O)[O-])ccc21. The Morgan fingerprint density at radius 2 is 2.19 bits per heavy atom. The van der Waals surface area contributed by atoms with E-state index >= 15 is 0 Å². The molecule has 2 aromatic rings. The molecule has 0 saturated carbocycles. The number of non-ortho nitro benzene ring substituents is 1. The number of oxazole rings is 1. The van der Waals surface area contributed by atoms with Crippen molar-refractivity contribution in [1.82, 2.24) is 4.57 Å². The smallest absolute Gasteiger partial charge is 0.407 e. The minimum absolute atomic E-state index is 0.00361. The number of fused-ring (bicyclic) bond motifs is 1. The van der Waals surface area contributed by atoms with Gasteiger partial charge in [0, 0.05) is 6.07 Å². The van der Waals surface area contributed by atoms with E-state index in [1.807, 2.05) is 13.8 Å². The Kier molecular flexibility index (Phi) is 4.39. The third kappa shape index (κ3) is 3.47. The molecule has 21 heavy (non-hydrogen) atoms. The van der Waals surface area contributed by atoms with Crippen LogP contribution in [0.4, 0.5) is 5.69 Å². The average molecular weight is 296 g/mol. The molecule has 8 nitrogen and oxygen atoms in total. The van der Waals surface area contributed by atoms with Crippen LogP contribution in [-0.4, -0.2) is 33.4 Å². The third-order valence-corrected chi connectivity index (χ3v) is 2.88. The molecule has 0 fully saturated rings. The molecule has 0 amide bonds. The van der Waals surface area contributed by atoms with Crippen molar-refractivity contribution in [3.63, 3.8) is 0 Å². The Balaban J connectivity index is 2.26. The summed E-state index contributed by atoms with van der Waals surface area (Å²) in [6.45, 7) is 3.76. The molecule has 1 atom stereocenters. The Morgan fingerprint density at radius 3 is 2.81 bits per heavy atom. The van der Waals surface area contributed by atoms with Crippen molar-refractivity contribution < 1.29 is 19.2 Å². The van der Waals surface area contributed by atoms with Crippen LogP contribution in [0.3, 0.4) is 0 Å². The molecule has 114 valence electrons. The van der Waals surface area contributed by atoms with E-state index in [2.05, 4.69) is 0 Å². The molecule has 0 aliphatic carbocycles. The van der Waals surface area contributed by atoms with Crippen LogP contribution in [-0.2, 0) is 11.3 Å². The van der Waals surface area contributed by atoms with Gasteiger partial charge in [0.15, 0.2) is 5.58 Å². The molecular weight excluding hydrogens is 280 g/mol. The number of rotatable bonds is 6. The second kappa shape index (κ2) is 6.06. The Bertz CT molecular complexity index is 702. The maximum Gasteiger partial charge on any atom is 0.420 e. The molecule has 0 aliphatic rings. The van der Waals surface area contributed by atoms with Crippen molar-refractivity contribution in [3.05, 3.63) is 38.9 Å². The zero-order chi connectivity index (χ0) is 15.6. The molecule has 2 rings (SSSR count). The van der Waals surface area contributed by atoms with E-state index < -0.39 is 16.8 Å². The zero-order valence-corrected chi connectivity index (χ0v) is 11.7. The largest absolute Gasteiger partial charge is 0.420 e. The van der Waals surface area contributed by atoms with Crippen molar-refractivity contribution in [2.75, 3.05) is 6.61 Å². The number of aliphatic hydroxyl groups excluding tert-OH is 1. The van der Waals surface area contributed by atoms with Gasteiger partial charge < -0.3 is 14.3 Å². The molecule has 1 N–H and O–H groups in total. The summed E-state index contributed by atoms with van der Waals surface area (Å²) >= 11 is 0. The lowest BCUT2D eigenvalue weighted by atomic mass is 10.3. The highest BCUT2D eigenvalue weighted by molar-refractivity contribution is 5.75. The van der Waals surface area contributed by atoms with E-state index in [0.29, 0.717) is 5.52 Å². The maximum atomic E-state index is 11.8. The highest BCUT2D eigenvalue weighted by atomic mass is 16.6. The predicted octanol–water partition coefficient (Wildman–Crippen LogP) is 1.29. The monoisotopic (exact) mass is 296 g/mol. The highest BCUT2D eigenvalue weighted by Crippen LogP contribution is 2.20. The summed E-state index contributed by atoms with van der Waals surface area (Å²) in [7, 11) is 0. The lowest BCUT2D eigenvalue weighted by Gasteiger charge is -2.13. The van der Waals surface area contributed by atoms with Gasteiger partial charge in [0.25, 0.3) is 5.69 Å². The molecule has 1 unspecified atom stereocenters. The van der Waals surface area contributed by atoms with Gasteiger partial charge in [-0.1, -0.05) is 0 Å². The summed E-state index contributed by atoms with van der Waals surface area (Å²) in [6, 6.07) is 3.89. The van der Waals surface area contributed by atoms with Gasteiger partial charge in [-0.05, 0) is 19.9 Å². The molecule has 1 heterocycles. The molecular formula is C13H16N2O6. The Morgan fingerprint density at radius 1 is 1.48 bits per heavy atom. The molecule has 0 bridgehead atoms. The number of hydrogen-bond acceptors (Lipinski definition) is 6. The van der Waals surface area contributed by atoms with Crippen LogP contribution in [0.1, 0.15) is 13.8 Å². The van der Waals surface area contributed by atoms with Gasteiger partial charge in [-0.3, -0.25) is 14.7 Å². The van der Waals surface area contributed by atoms with E-state index in [-0.39, 0.29) is 30.5 Å². The predicted molar refractivity (Wildman–Crippen MR) is 74.2 cm³/mol. The van der Waals surface area contributed by atoms with Crippen LogP contribution in [0.2, 0.25) is 0 Å². The minimum Gasteiger partial charge on any atom is -0.407 e. The minimum atomic E-state index is -0.874. The molecule has 0 radical (unpaired) electrons. The number of benzene rings is 1. The summed E-state index contributed by atoms with van der Waals surface area (Å²) < 4.78 is 11.5. The quantitative estimate of drug-likeness (QED) is 0.635. The average Bonchev–Trinajstić information content (AvgIpc) is 2.72. The van der Waals surface area contributed by atoms with Crippen LogP contribution in [0.15, 0.2) is 27.4 Å². The lowest BCUT2D eigenvalue weighted by Crippen LogP contribution is -2.28. The standard InChI is InChI=1S/C13H16N2O6/c1-8(2)20-7-10(16)6-14-11-4-3-9(15(18)19)5-12(11)21-13(14)17/h3-5,8,10,16H,6-7H2,1-2H3. The van der Waals surface area contributed by atoms with E-state index in [4.69, 9.17) is 9.15 Å². The summed E-state index contributed by atoms with van der Waals surface area (Å²) in [5.41, 5.74) is 0.354. The zero-order valence-electron chi connectivity index (χ0n) is 11.7. The first-order chi connectivity index (χ1) is 9.88. The van der Waals surface area contributed by atoms with Crippen LogP contribution >= 0.6 is 0 Å². The Hall–Kier alpha value is -2.19. The van der Waals surface area contributed by atoms with Gasteiger partial charge in [-0.2, -0.15) is 0 Å². The number of aliphatic hydroxyl groups is 1. The van der Waals surface area contributed by atoms with Gasteiger partial charge in [0.05, 0.1) is 41.9 Å². The molecule has 1 aromatic heterocycles. The fraction of sp³-hybridized carbons (Fsp3) is 0.462. The summed E-state index contributed by atoms with van der Waals surface area (Å²) in [5.74, 6) is -0.672. The molecule has 1 aromatic carbocycles. The van der Waals surface area contributed by atoms with Gasteiger partial charge >= 0.3 is 5.76 Å². The number of aromatic nitrogens is 1. The highest BCUT2D eigenvalue weighted by Gasteiger charge is 2.16. The fourth-order valence-corrected chi connectivity index (χ4v) is 1.91. The second-order valence-electron chi connectivity index (χ2n) is 4.92. The van der Waals surface area contributed by atoms with Crippen LogP contribution in [0, 0.1) is 10.1 Å². The van der Waals surface area contributed by atoms with E-state index in [1.165, 1.54) is 22.8 Å². The van der Waals surface area contributed by atoms with Gasteiger partial charge in [0.1, 0.15) is 0 Å². The topological polar surface area (TPSA) is 108 Å². The van der Waals surface area contributed by atoms with E-state index in [0.717, 1.165) is 0 Å². The number of nitrogens with zero attached hydrogens (tertiary/aromatic N) is 2. The third-order valence-electron chi connectivity index (χ3n) is 2.88. The van der Waals surface area contributed by atoms with Crippen LogP contribution in [0.25, 0.3) is 11.1 Å². The first kappa shape index (κ1) is 15.2. The van der Waals surface area contributed by atoms with E-state index in [9.17, 15) is 20.0 Å². The first-order valence-corrected chi connectivity index (χ1v) is 6.46. The lowest BCUT2D eigenvalue weighted by molar-refractivity contribution is -0.384. The normalized spacial score (nSPS) is 13.0. The summed E-state index contributed by atoms with van der Waals surface area (Å²) in [5, 5.41) is 20.5. The van der Waals surface area contributed by atoms with Crippen molar-refractivity contribution in [2.24, 2.45) is 0 Å². The molecule has 0 aliphatic heterocycles. The molecule has 8 heteroatoms. The first-order valence-electron chi connectivity index (χ1n) is 6.46. The summed E-state index contributed by atoms with van der Waals surface area (Å²) in [4.78, 5) is 21.9. The van der Waals surface area contributed by atoms with Crippen molar-refractivity contribution in [2.45, 2.75) is 32.6 Å². The number of nitro benzene ring substituents is 1. The summed E-state index contributed by atoms with van der Waals surface area (Å²) in [6.07, 6.45) is -0.902. The second-order valence-corrected chi connectivity index (χ2v) is 4.92. The van der Waals surface area contributed by atoms with Crippen molar-refractivity contribution >= 4 is 16.8 Å². The maximum absolute atomic E-state index is 11.8. The fourth-order valence-electron chi connectivity index (χ4n) is 1.91. The van der Waals surface area contributed by atoms with Crippen LogP contribution < -0.4 is 5.76 Å². The van der Waals surface area contributed by atoms with Crippen LogP contribution in [0.5, 0.6) is 0 Å². The number of hydrogen-bond donors (Lipinski definition) is 1. The van der Waals surface area contributed by atoms with Gasteiger partial charge in [-0.15, -0.1) is 0 Å². The Labute approximate surface area is 119 Å². The number of nitro groups is 1. The van der Waals surface area contributed by atoms with Gasteiger partial charge in [-0.25, -0.2) is 4.79 Å². The molecule has 0 spiro atoms. The van der Waals surface area contributed by atoms with Crippen molar-refractivity contribution in [1.29, 1.82) is 0 Å². The number of ether oxygens (including phenoxy) is 1. The van der Waals surface area contributed by atoms with Crippen molar-refractivity contribution in [3.8, 4) is 0 Å².